The van der Waals surface area contributed by atoms with Crippen LogP contribution in [0.15, 0.2) is 12.2 Å². The summed E-state index contributed by atoms with van der Waals surface area (Å²) in [6.45, 7) is 12.3. The summed E-state index contributed by atoms with van der Waals surface area (Å²) < 4.78 is 0. The molecule has 0 amide bonds. The SMILES string of the molecule is CC(C)CCC[C@H](C)[C@@H]1CC[C@H]2[C@H]3CC[C@@H]4CC=CC(=O)[C@]4(C)[C@H]3CC[C@@]21C. The first kappa shape index (κ1) is 20.7. The minimum atomic E-state index is -0.0556. The second kappa shape index (κ2) is 7.59. The highest BCUT2D eigenvalue weighted by molar-refractivity contribution is 5.96. The van der Waals surface area contributed by atoms with Crippen LogP contribution in [0, 0.1) is 52.3 Å². The van der Waals surface area contributed by atoms with Gasteiger partial charge in [-0.05, 0) is 97.9 Å². The number of carbonyl (C=O) groups excluding carboxylic acids is 1. The highest BCUT2D eigenvalue weighted by Gasteiger charge is 2.61. The first-order valence-electron chi connectivity index (χ1n) is 12.5. The van der Waals surface area contributed by atoms with Crippen LogP contribution in [0.4, 0.5) is 0 Å². The highest BCUT2D eigenvalue weighted by Crippen LogP contribution is 2.67. The molecule has 0 aromatic heterocycles. The summed E-state index contributed by atoms with van der Waals surface area (Å²) in [7, 11) is 0. The van der Waals surface area contributed by atoms with Crippen molar-refractivity contribution in [2.75, 3.05) is 0 Å². The Kier molecular flexibility index (Phi) is 5.60. The van der Waals surface area contributed by atoms with E-state index in [1.165, 1.54) is 57.8 Å². The molecule has 0 spiro atoms. The van der Waals surface area contributed by atoms with Gasteiger partial charge in [-0.25, -0.2) is 0 Å². The van der Waals surface area contributed by atoms with Gasteiger partial charge in [-0.1, -0.05) is 60.0 Å². The molecule has 0 heterocycles. The second-order valence-corrected chi connectivity index (χ2v) is 12.0. The molecule has 0 aliphatic heterocycles. The van der Waals surface area contributed by atoms with Gasteiger partial charge in [0.1, 0.15) is 0 Å². The molecule has 4 aliphatic rings. The van der Waals surface area contributed by atoms with E-state index in [4.69, 9.17) is 0 Å². The van der Waals surface area contributed by atoms with Gasteiger partial charge in [-0.3, -0.25) is 4.79 Å². The van der Waals surface area contributed by atoms with E-state index in [2.05, 4.69) is 40.7 Å². The van der Waals surface area contributed by atoms with Crippen LogP contribution in [0.1, 0.15) is 98.8 Å². The van der Waals surface area contributed by atoms with Crippen molar-refractivity contribution in [1.82, 2.24) is 0 Å². The summed E-state index contributed by atoms with van der Waals surface area (Å²) in [6.07, 6.45) is 17.7. The number of ketones is 1. The molecule has 3 fully saturated rings. The van der Waals surface area contributed by atoms with Crippen LogP contribution in [0.3, 0.4) is 0 Å². The van der Waals surface area contributed by atoms with Crippen LogP contribution < -0.4 is 0 Å². The molecule has 0 bridgehead atoms. The lowest BCUT2D eigenvalue weighted by Gasteiger charge is -2.59. The predicted octanol–water partition coefficient (Wildman–Crippen LogP) is 7.45. The summed E-state index contributed by atoms with van der Waals surface area (Å²) >= 11 is 0. The molecule has 0 radical (unpaired) electrons. The first-order valence-corrected chi connectivity index (χ1v) is 12.5. The zero-order chi connectivity index (χ0) is 20.1. The van der Waals surface area contributed by atoms with E-state index >= 15 is 0 Å². The largest absolute Gasteiger partial charge is 0.294 e. The maximum Gasteiger partial charge on any atom is 0.161 e. The highest BCUT2D eigenvalue weighted by atomic mass is 16.1. The Hall–Kier alpha value is -0.590. The van der Waals surface area contributed by atoms with Crippen molar-refractivity contribution >= 4 is 5.78 Å². The van der Waals surface area contributed by atoms with E-state index in [1.54, 1.807) is 0 Å². The maximum absolute atomic E-state index is 13.0. The lowest BCUT2D eigenvalue weighted by molar-refractivity contribution is -0.147. The molecule has 1 nitrogen and oxygen atoms in total. The molecule has 4 aliphatic carbocycles. The van der Waals surface area contributed by atoms with Gasteiger partial charge in [0.15, 0.2) is 5.78 Å². The second-order valence-electron chi connectivity index (χ2n) is 12.0. The summed E-state index contributed by atoms with van der Waals surface area (Å²) in [5.74, 6) is 6.03. The van der Waals surface area contributed by atoms with E-state index in [0.29, 0.717) is 23.0 Å². The monoisotopic (exact) mass is 384 g/mol. The number of hydrogen-bond acceptors (Lipinski definition) is 1. The Bertz CT molecular complexity index is 618. The minimum Gasteiger partial charge on any atom is -0.294 e. The Balaban J connectivity index is 1.50. The van der Waals surface area contributed by atoms with Gasteiger partial charge >= 0.3 is 0 Å². The molecule has 0 unspecified atom stereocenters. The molecule has 1 heteroatoms. The lowest BCUT2D eigenvalue weighted by atomic mass is 9.45. The fourth-order valence-electron chi connectivity index (χ4n) is 8.72. The van der Waals surface area contributed by atoms with Crippen LogP contribution in [-0.4, -0.2) is 5.78 Å². The Morgan fingerprint density at radius 2 is 1.79 bits per heavy atom. The number of carbonyl (C=O) groups is 1. The Morgan fingerprint density at radius 3 is 2.54 bits per heavy atom. The third-order valence-electron chi connectivity index (χ3n) is 10.3. The first-order chi connectivity index (χ1) is 13.3. The summed E-state index contributed by atoms with van der Waals surface area (Å²) in [5.41, 5.74) is 0.481. The molecule has 0 aromatic rings. The van der Waals surface area contributed by atoms with Gasteiger partial charge in [0.25, 0.3) is 0 Å². The van der Waals surface area contributed by atoms with E-state index in [1.807, 2.05) is 6.08 Å². The van der Waals surface area contributed by atoms with Crippen molar-refractivity contribution in [2.45, 2.75) is 98.8 Å². The fraction of sp³-hybridized carbons (Fsp3) is 0.889. The van der Waals surface area contributed by atoms with E-state index in [9.17, 15) is 4.79 Å². The van der Waals surface area contributed by atoms with Gasteiger partial charge in [0, 0.05) is 5.41 Å². The Morgan fingerprint density at radius 1 is 1.00 bits per heavy atom. The summed E-state index contributed by atoms with van der Waals surface area (Å²) in [6, 6.07) is 0. The van der Waals surface area contributed by atoms with Gasteiger partial charge in [-0.15, -0.1) is 0 Å². The normalized spacial score (nSPS) is 46.2. The third kappa shape index (κ3) is 3.14. The van der Waals surface area contributed by atoms with Crippen LogP contribution >= 0.6 is 0 Å². The van der Waals surface area contributed by atoms with Crippen LogP contribution in [0.25, 0.3) is 0 Å². The molecule has 3 saturated carbocycles. The van der Waals surface area contributed by atoms with Crippen molar-refractivity contribution in [1.29, 1.82) is 0 Å². The molecule has 0 saturated heterocycles. The predicted molar refractivity (Wildman–Crippen MR) is 118 cm³/mol. The maximum atomic E-state index is 13.0. The van der Waals surface area contributed by atoms with Crippen LogP contribution in [0.2, 0.25) is 0 Å². The lowest BCUT2D eigenvalue weighted by Crippen LogP contribution is -2.55. The number of rotatable bonds is 5. The third-order valence-corrected chi connectivity index (χ3v) is 10.3. The average Bonchev–Trinajstić information content (AvgIpc) is 3.00. The van der Waals surface area contributed by atoms with Gasteiger partial charge in [0.2, 0.25) is 0 Å². The number of allylic oxidation sites excluding steroid dienone is 2. The summed E-state index contributed by atoms with van der Waals surface area (Å²) in [5, 5.41) is 0. The van der Waals surface area contributed by atoms with Crippen LogP contribution in [-0.2, 0) is 4.79 Å². The average molecular weight is 385 g/mol. The molecule has 4 rings (SSSR count). The van der Waals surface area contributed by atoms with Crippen LogP contribution in [0.5, 0.6) is 0 Å². The molecule has 158 valence electrons. The molecule has 0 aromatic carbocycles. The zero-order valence-corrected chi connectivity index (χ0v) is 19.2. The molecule has 28 heavy (non-hydrogen) atoms. The standard InChI is InChI=1S/C27H44O/c1-18(2)8-6-9-19(3)22-14-15-23-21-13-12-20-10-7-11-25(28)27(20,5)24(21)16-17-26(22,23)4/h7,11,18-24H,6,8-10,12-17H2,1-5H3/t19-,20-,21+,22-,23-,24-,26+,27-/m0/s1. The van der Waals surface area contributed by atoms with Crippen molar-refractivity contribution in [3.05, 3.63) is 12.2 Å². The van der Waals surface area contributed by atoms with Crippen molar-refractivity contribution in [3.63, 3.8) is 0 Å². The van der Waals surface area contributed by atoms with E-state index in [0.717, 1.165) is 36.0 Å². The van der Waals surface area contributed by atoms with Crippen molar-refractivity contribution < 1.29 is 4.79 Å². The van der Waals surface area contributed by atoms with E-state index in [-0.39, 0.29) is 5.41 Å². The molecule has 8 atom stereocenters. The quantitative estimate of drug-likeness (QED) is 0.481. The minimum absolute atomic E-state index is 0.0556. The Labute approximate surface area is 174 Å². The van der Waals surface area contributed by atoms with Crippen molar-refractivity contribution in [3.8, 4) is 0 Å². The topological polar surface area (TPSA) is 17.1 Å². The molecule has 0 N–H and O–H groups in total. The zero-order valence-electron chi connectivity index (χ0n) is 19.2. The van der Waals surface area contributed by atoms with Gasteiger partial charge in [-0.2, -0.15) is 0 Å². The number of hydrogen-bond donors (Lipinski definition) is 0. The molecular weight excluding hydrogens is 340 g/mol. The van der Waals surface area contributed by atoms with Gasteiger partial charge < -0.3 is 0 Å². The molecular formula is C27H44O. The van der Waals surface area contributed by atoms with Gasteiger partial charge in [0.05, 0.1) is 0 Å². The smallest absolute Gasteiger partial charge is 0.161 e. The number of fused-ring (bicyclic) bond motifs is 5. The van der Waals surface area contributed by atoms with E-state index < -0.39 is 0 Å². The fourth-order valence-corrected chi connectivity index (χ4v) is 8.72. The van der Waals surface area contributed by atoms with Crippen molar-refractivity contribution in [2.24, 2.45) is 52.3 Å². The summed E-state index contributed by atoms with van der Waals surface area (Å²) in [4.78, 5) is 13.0.